The lowest BCUT2D eigenvalue weighted by molar-refractivity contribution is -0.0500. The highest BCUT2D eigenvalue weighted by atomic mass is 19.3. The Balaban J connectivity index is 3.35. The van der Waals surface area contributed by atoms with E-state index in [9.17, 15) is 13.6 Å². The molecule has 1 aromatic carbocycles. The summed E-state index contributed by atoms with van der Waals surface area (Å²) >= 11 is 0. The standard InChI is InChI=1S/C10H8F2N2O2/c1-5(15)9-7(14)2-6(4-13)3-8(9)16-10(11)12/h2-3,10H,14H2,1H3. The molecule has 1 rings (SSSR count). The van der Waals surface area contributed by atoms with Gasteiger partial charge in [-0.05, 0) is 19.1 Å². The Kier molecular flexibility index (Phi) is 3.40. The number of halogens is 2. The van der Waals surface area contributed by atoms with Gasteiger partial charge in [-0.1, -0.05) is 0 Å². The van der Waals surface area contributed by atoms with E-state index in [0.29, 0.717) is 0 Å². The first-order valence-corrected chi connectivity index (χ1v) is 4.25. The lowest BCUT2D eigenvalue weighted by atomic mass is 10.1. The topological polar surface area (TPSA) is 76.1 Å². The van der Waals surface area contributed by atoms with Gasteiger partial charge in [0.1, 0.15) is 5.75 Å². The van der Waals surface area contributed by atoms with E-state index in [1.807, 2.05) is 0 Å². The minimum absolute atomic E-state index is 0.0535. The summed E-state index contributed by atoms with van der Waals surface area (Å²) in [6.45, 7) is -1.90. The number of nitrogens with two attached hydrogens (primary N) is 1. The number of Topliss-reactive ketones (excluding diaryl/α,β-unsaturated/α-hetero) is 1. The Bertz CT molecular complexity index is 467. The van der Waals surface area contributed by atoms with Crippen LogP contribution in [0, 0.1) is 11.3 Å². The molecule has 0 saturated carbocycles. The summed E-state index contributed by atoms with van der Waals surface area (Å²) in [5, 5.41) is 8.62. The SMILES string of the molecule is CC(=O)c1c(N)cc(C#N)cc1OC(F)F. The summed E-state index contributed by atoms with van der Waals surface area (Å²) in [5.74, 6) is -0.878. The molecule has 0 heterocycles. The van der Waals surface area contributed by atoms with Crippen LogP contribution in [0.2, 0.25) is 0 Å². The second kappa shape index (κ2) is 4.57. The van der Waals surface area contributed by atoms with Crippen molar-refractivity contribution in [3.05, 3.63) is 23.3 Å². The summed E-state index contributed by atoms with van der Waals surface area (Å²) < 4.78 is 28.3. The van der Waals surface area contributed by atoms with Crippen LogP contribution in [-0.2, 0) is 0 Å². The van der Waals surface area contributed by atoms with Gasteiger partial charge in [-0.2, -0.15) is 14.0 Å². The van der Waals surface area contributed by atoms with Gasteiger partial charge in [-0.15, -0.1) is 0 Å². The molecule has 0 spiro atoms. The number of hydrogen-bond acceptors (Lipinski definition) is 4. The van der Waals surface area contributed by atoms with Crippen LogP contribution in [0.25, 0.3) is 0 Å². The number of anilines is 1. The van der Waals surface area contributed by atoms with E-state index in [-0.39, 0.29) is 22.6 Å². The van der Waals surface area contributed by atoms with Crippen molar-refractivity contribution in [2.75, 3.05) is 5.73 Å². The summed E-state index contributed by atoms with van der Waals surface area (Å²) in [6, 6.07) is 4.02. The molecule has 0 fully saturated rings. The normalized spacial score (nSPS) is 9.94. The molecule has 16 heavy (non-hydrogen) atoms. The van der Waals surface area contributed by atoms with Crippen molar-refractivity contribution in [2.45, 2.75) is 13.5 Å². The number of carbonyl (C=O) groups is 1. The van der Waals surface area contributed by atoms with Gasteiger partial charge < -0.3 is 10.5 Å². The molecule has 4 nitrogen and oxygen atoms in total. The van der Waals surface area contributed by atoms with Crippen molar-refractivity contribution in [1.29, 1.82) is 5.26 Å². The maximum atomic E-state index is 12.1. The molecular weight excluding hydrogens is 218 g/mol. The van der Waals surface area contributed by atoms with Crippen LogP contribution < -0.4 is 10.5 Å². The molecule has 2 N–H and O–H groups in total. The minimum Gasteiger partial charge on any atom is -0.434 e. The van der Waals surface area contributed by atoms with Gasteiger partial charge in [-0.3, -0.25) is 4.79 Å². The highest BCUT2D eigenvalue weighted by Crippen LogP contribution is 2.28. The van der Waals surface area contributed by atoms with Crippen LogP contribution in [-0.4, -0.2) is 12.4 Å². The number of rotatable bonds is 3. The third-order valence-electron chi connectivity index (χ3n) is 1.83. The van der Waals surface area contributed by atoms with Crippen molar-refractivity contribution in [1.82, 2.24) is 0 Å². The molecule has 0 aliphatic heterocycles. The largest absolute Gasteiger partial charge is 0.434 e. The van der Waals surface area contributed by atoms with E-state index in [2.05, 4.69) is 4.74 Å². The second-order valence-corrected chi connectivity index (χ2v) is 2.99. The molecule has 0 aliphatic rings. The molecule has 0 atom stereocenters. The van der Waals surface area contributed by atoms with Gasteiger partial charge >= 0.3 is 6.61 Å². The van der Waals surface area contributed by atoms with Gasteiger partial charge in [0.15, 0.2) is 5.78 Å². The summed E-state index contributed by atoms with van der Waals surface area (Å²) in [5.41, 5.74) is 5.34. The fourth-order valence-electron chi connectivity index (χ4n) is 1.27. The first kappa shape index (κ1) is 11.9. The average molecular weight is 226 g/mol. The molecule has 0 amide bonds. The molecule has 0 aromatic heterocycles. The number of carbonyl (C=O) groups excluding carboxylic acids is 1. The number of nitrogens with zero attached hydrogens (tertiary/aromatic N) is 1. The lowest BCUT2D eigenvalue weighted by Crippen LogP contribution is -2.09. The van der Waals surface area contributed by atoms with Crippen LogP contribution in [0.3, 0.4) is 0 Å². The maximum Gasteiger partial charge on any atom is 0.387 e. The van der Waals surface area contributed by atoms with Crippen LogP contribution in [0.15, 0.2) is 12.1 Å². The third kappa shape index (κ3) is 2.45. The number of benzene rings is 1. The van der Waals surface area contributed by atoms with E-state index in [1.165, 1.54) is 13.0 Å². The van der Waals surface area contributed by atoms with E-state index in [1.54, 1.807) is 6.07 Å². The Morgan fingerprint density at radius 3 is 2.62 bits per heavy atom. The van der Waals surface area contributed by atoms with Crippen molar-refractivity contribution in [2.24, 2.45) is 0 Å². The van der Waals surface area contributed by atoms with Crippen LogP contribution in [0.1, 0.15) is 22.8 Å². The van der Waals surface area contributed by atoms with Gasteiger partial charge in [0.2, 0.25) is 0 Å². The van der Waals surface area contributed by atoms with E-state index >= 15 is 0 Å². The molecule has 1 aromatic rings. The van der Waals surface area contributed by atoms with Crippen LogP contribution in [0.4, 0.5) is 14.5 Å². The van der Waals surface area contributed by atoms with Gasteiger partial charge in [0.25, 0.3) is 0 Å². The third-order valence-corrected chi connectivity index (χ3v) is 1.83. The fraction of sp³-hybridized carbons (Fsp3) is 0.200. The van der Waals surface area contributed by atoms with E-state index in [4.69, 9.17) is 11.0 Å². The van der Waals surface area contributed by atoms with Gasteiger partial charge in [0, 0.05) is 5.69 Å². The summed E-state index contributed by atoms with van der Waals surface area (Å²) in [4.78, 5) is 11.2. The number of nitrogen functional groups attached to an aromatic ring is 1. The lowest BCUT2D eigenvalue weighted by Gasteiger charge is -2.11. The Hall–Kier alpha value is -2.16. The molecule has 0 unspecified atom stereocenters. The Morgan fingerprint density at radius 2 is 2.19 bits per heavy atom. The summed E-state index contributed by atoms with van der Waals surface area (Å²) in [7, 11) is 0. The maximum absolute atomic E-state index is 12.1. The first-order valence-electron chi connectivity index (χ1n) is 4.25. The number of nitriles is 1. The predicted molar refractivity (Wildman–Crippen MR) is 52.2 cm³/mol. The molecule has 0 bridgehead atoms. The summed E-state index contributed by atoms with van der Waals surface area (Å²) in [6.07, 6.45) is 0. The van der Waals surface area contributed by atoms with Crippen LogP contribution in [0.5, 0.6) is 5.75 Å². The van der Waals surface area contributed by atoms with Gasteiger partial charge in [0.05, 0.1) is 17.2 Å². The zero-order valence-electron chi connectivity index (χ0n) is 8.33. The van der Waals surface area contributed by atoms with Crippen molar-refractivity contribution >= 4 is 11.5 Å². The average Bonchev–Trinajstić information content (AvgIpc) is 2.14. The zero-order chi connectivity index (χ0) is 12.3. The molecule has 6 heteroatoms. The smallest absolute Gasteiger partial charge is 0.387 e. The number of ether oxygens (including phenoxy) is 1. The molecular formula is C10H8F2N2O2. The second-order valence-electron chi connectivity index (χ2n) is 2.99. The van der Waals surface area contributed by atoms with Crippen LogP contribution >= 0.6 is 0 Å². The predicted octanol–water partition coefficient (Wildman–Crippen LogP) is 1.94. The highest BCUT2D eigenvalue weighted by molar-refractivity contribution is 6.02. The van der Waals surface area contributed by atoms with E-state index < -0.39 is 12.4 Å². The number of ketones is 1. The number of hydrogen-bond donors (Lipinski definition) is 1. The molecule has 0 saturated heterocycles. The van der Waals surface area contributed by atoms with Crippen molar-refractivity contribution < 1.29 is 18.3 Å². The monoisotopic (exact) mass is 226 g/mol. The van der Waals surface area contributed by atoms with Gasteiger partial charge in [-0.25, -0.2) is 0 Å². The first-order chi connectivity index (χ1) is 7.45. The quantitative estimate of drug-likeness (QED) is 0.631. The fourth-order valence-corrected chi connectivity index (χ4v) is 1.27. The minimum atomic E-state index is -3.08. The zero-order valence-corrected chi connectivity index (χ0v) is 8.33. The molecule has 84 valence electrons. The van der Waals surface area contributed by atoms with Crippen molar-refractivity contribution in [3.63, 3.8) is 0 Å². The Morgan fingerprint density at radius 1 is 1.56 bits per heavy atom. The number of alkyl halides is 2. The highest BCUT2D eigenvalue weighted by Gasteiger charge is 2.17. The Labute approximate surface area is 90.2 Å². The molecule has 0 aliphatic carbocycles. The molecule has 0 radical (unpaired) electrons. The van der Waals surface area contributed by atoms with Crippen molar-refractivity contribution in [3.8, 4) is 11.8 Å². The van der Waals surface area contributed by atoms with E-state index in [0.717, 1.165) is 6.07 Å².